The molecule has 0 saturated heterocycles. The zero-order chi connectivity index (χ0) is 21.1. The molecule has 1 aliphatic carbocycles. The average molecular weight is 419 g/mol. The first-order chi connectivity index (χ1) is 14.3. The number of nitrogens with zero attached hydrogens (tertiary/aromatic N) is 5. The van der Waals surface area contributed by atoms with Crippen LogP contribution in [-0.2, 0) is 6.54 Å². The van der Waals surface area contributed by atoms with Crippen molar-refractivity contribution in [2.75, 3.05) is 0 Å². The molecule has 0 spiro atoms. The van der Waals surface area contributed by atoms with Gasteiger partial charge in [0.05, 0.1) is 23.9 Å². The van der Waals surface area contributed by atoms with Gasteiger partial charge < -0.3 is 4.40 Å². The summed E-state index contributed by atoms with van der Waals surface area (Å²) in [5.41, 5.74) is 0.0316. The van der Waals surface area contributed by atoms with Gasteiger partial charge in [0.25, 0.3) is 0 Å². The van der Waals surface area contributed by atoms with Crippen molar-refractivity contribution >= 4 is 5.65 Å². The monoisotopic (exact) mass is 419 g/mol. The van der Waals surface area contributed by atoms with Crippen molar-refractivity contribution in [3.05, 3.63) is 60.9 Å². The Labute approximate surface area is 166 Å². The van der Waals surface area contributed by atoms with Crippen molar-refractivity contribution in [1.29, 1.82) is 0 Å². The minimum Gasteiger partial charge on any atom is -0.307 e. The van der Waals surface area contributed by atoms with Crippen molar-refractivity contribution < 1.29 is 22.0 Å². The molecule has 4 aromatic heterocycles. The first-order valence-electron chi connectivity index (χ1n) is 9.14. The fraction of sp³-hybridized carbons (Fsp3) is 0.250. The first-order valence-corrected chi connectivity index (χ1v) is 9.14. The first kappa shape index (κ1) is 18.7. The van der Waals surface area contributed by atoms with Gasteiger partial charge >= 0.3 is 6.18 Å². The second-order valence-corrected chi connectivity index (χ2v) is 7.47. The lowest BCUT2D eigenvalue weighted by Gasteiger charge is -2.18. The maximum atomic E-state index is 14.0. The predicted octanol–water partition coefficient (Wildman–Crippen LogP) is 4.88. The number of fused-ring (bicyclic) bond motifs is 1. The minimum atomic E-state index is -4.31. The Morgan fingerprint density at radius 2 is 1.87 bits per heavy atom. The largest absolute Gasteiger partial charge is 0.396 e. The van der Waals surface area contributed by atoms with E-state index in [9.17, 15) is 22.0 Å². The Kier molecular flexibility index (Phi) is 3.96. The summed E-state index contributed by atoms with van der Waals surface area (Å²) in [6, 6.07) is 4.31. The number of rotatable bonds is 4. The van der Waals surface area contributed by atoms with Gasteiger partial charge in [-0.3, -0.25) is 4.68 Å². The van der Waals surface area contributed by atoms with Crippen LogP contribution in [0.15, 0.2) is 49.2 Å². The summed E-state index contributed by atoms with van der Waals surface area (Å²) in [4.78, 5) is 7.92. The number of imidazole rings is 1. The molecule has 4 heterocycles. The molecule has 0 atom stereocenters. The van der Waals surface area contributed by atoms with Gasteiger partial charge in [0, 0.05) is 41.5 Å². The normalized spacial score (nSPS) is 15.6. The lowest BCUT2D eigenvalue weighted by atomic mass is 10.0. The second kappa shape index (κ2) is 6.35. The fourth-order valence-corrected chi connectivity index (χ4v) is 3.55. The highest BCUT2D eigenvalue weighted by Crippen LogP contribution is 2.58. The lowest BCUT2D eigenvalue weighted by molar-refractivity contribution is -0.191. The number of hydrogen-bond donors (Lipinski definition) is 0. The molecule has 0 unspecified atom stereocenters. The Hall–Kier alpha value is -3.30. The van der Waals surface area contributed by atoms with E-state index in [1.54, 1.807) is 35.1 Å². The highest BCUT2D eigenvalue weighted by Gasteiger charge is 2.63. The lowest BCUT2D eigenvalue weighted by Crippen LogP contribution is -2.29. The van der Waals surface area contributed by atoms with Crippen molar-refractivity contribution in [3.8, 4) is 22.4 Å². The molecule has 0 aliphatic heterocycles. The molecule has 5 nitrogen and oxygen atoms in total. The molecule has 4 aromatic rings. The van der Waals surface area contributed by atoms with Crippen LogP contribution in [0.4, 0.5) is 22.0 Å². The summed E-state index contributed by atoms with van der Waals surface area (Å²) in [6.45, 7) is -0.316. The Morgan fingerprint density at radius 1 is 1.07 bits per heavy atom. The highest BCUT2D eigenvalue weighted by molar-refractivity contribution is 5.81. The quantitative estimate of drug-likeness (QED) is 0.350. The molecule has 0 amide bonds. The van der Waals surface area contributed by atoms with E-state index < -0.39 is 23.4 Å². The van der Waals surface area contributed by atoms with Crippen LogP contribution in [0.25, 0.3) is 28.0 Å². The van der Waals surface area contributed by atoms with Crippen LogP contribution >= 0.6 is 0 Å². The van der Waals surface area contributed by atoms with E-state index in [1.165, 1.54) is 17.1 Å². The summed E-state index contributed by atoms with van der Waals surface area (Å²) in [5, 5.41) is 4.02. The van der Waals surface area contributed by atoms with E-state index >= 15 is 0 Å². The van der Waals surface area contributed by atoms with Crippen LogP contribution in [0.5, 0.6) is 0 Å². The molecular weight excluding hydrogens is 405 g/mol. The topological polar surface area (TPSA) is 48.0 Å². The van der Waals surface area contributed by atoms with E-state index in [1.807, 2.05) is 0 Å². The van der Waals surface area contributed by atoms with Crippen LogP contribution in [0.1, 0.15) is 12.8 Å². The van der Waals surface area contributed by atoms with E-state index in [-0.39, 0.29) is 30.6 Å². The van der Waals surface area contributed by atoms with Gasteiger partial charge in [-0.05, 0) is 31.0 Å². The molecule has 0 radical (unpaired) electrons. The van der Waals surface area contributed by atoms with E-state index in [0.29, 0.717) is 16.8 Å². The zero-order valence-electron chi connectivity index (χ0n) is 15.4. The third-order valence-electron chi connectivity index (χ3n) is 5.47. The Balaban J connectivity index is 1.56. The van der Waals surface area contributed by atoms with Crippen molar-refractivity contribution in [2.45, 2.75) is 25.6 Å². The molecule has 0 bridgehead atoms. The average Bonchev–Trinajstić information content (AvgIpc) is 3.12. The third kappa shape index (κ3) is 3.03. The third-order valence-corrected chi connectivity index (χ3v) is 5.47. The molecule has 10 heteroatoms. The standard InChI is InChI=1S/C20H14F5N5/c21-15-8-14(13-9-27-30(10-13)11-19(2-3-19)20(23,24)25)17(28-18(15)22)12-1-5-29-6-4-26-16(29)7-12/h1,4-10H,2-3,11H2. The summed E-state index contributed by atoms with van der Waals surface area (Å²) in [5.74, 6) is -2.42. The van der Waals surface area contributed by atoms with Crippen molar-refractivity contribution in [2.24, 2.45) is 5.41 Å². The van der Waals surface area contributed by atoms with Crippen LogP contribution in [0, 0.1) is 17.2 Å². The molecule has 5 rings (SSSR count). The molecule has 0 aromatic carbocycles. The van der Waals surface area contributed by atoms with E-state index in [4.69, 9.17) is 0 Å². The number of aromatic nitrogens is 5. The van der Waals surface area contributed by atoms with Crippen LogP contribution in [-0.4, -0.2) is 30.3 Å². The maximum Gasteiger partial charge on any atom is 0.396 e. The molecule has 1 fully saturated rings. The molecule has 30 heavy (non-hydrogen) atoms. The molecule has 154 valence electrons. The van der Waals surface area contributed by atoms with Crippen molar-refractivity contribution in [3.63, 3.8) is 0 Å². The number of pyridine rings is 2. The number of halogens is 5. The number of hydrogen-bond acceptors (Lipinski definition) is 3. The van der Waals surface area contributed by atoms with Crippen molar-refractivity contribution in [1.82, 2.24) is 24.1 Å². The van der Waals surface area contributed by atoms with Gasteiger partial charge in [0.2, 0.25) is 5.95 Å². The summed E-state index contributed by atoms with van der Waals surface area (Å²) < 4.78 is 70.6. The maximum absolute atomic E-state index is 14.0. The van der Waals surface area contributed by atoms with Crippen LogP contribution in [0.3, 0.4) is 0 Å². The summed E-state index contributed by atoms with van der Waals surface area (Å²) in [6.07, 6.45) is 3.55. The van der Waals surface area contributed by atoms with Crippen LogP contribution < -0.4 is 0 Å². The highest BCUT2D eigenvalue weighted by atomic mass is 19.4. The van der Waals surface area contributed by atoms with Gasteiger partial charge in [-0.15, -0.1) is 0 Å². The Bertz CT molecular complexity index is 1250. The van der Waals surface area contributed by atoms with Gasteiger partial charge in [-0.25, -0.2) is 14.4 Å². The molecular formula is C20H14F5N5. The smallest absolute Gasteiger partial charge is 0.307 e. The fourth-order valence-electron chi connectivity index (χ4n) is 3.55. The van der Waals surface area contributed by atoms with Gasteiger partial charge in [0.1, 0.15) is 5.65 Å². The Morgan fingerprint density at radius 3 is 2.60 bits per heavy atom. The zero-order valence-corrected chi connectivity index (χ0v) is 15.4. The van der Waals surface area contributed by atoms with Gasteiger partial charge in [-0.1, -0.05) is 0 Å². The van der Waals surface area contributed by atoms with Gasteiger partial charge in [-0.2, -0.15) is 22.7 Å². The molecule has 1 saturated carbocycles. The summed E-state index contributed by atoms with van der Waals surface area (Å²) >= 11 is 0. The van der Waals surface area contributed by atoms with Gasteiger partial charge in [0.15, 0.2) is 5.82 Å². The predicted molar refractivity (Wildman–Crippen MR) is 97.3 cm³/mol. The van der Waals surface area contributed by atoms with E-state index in [2.05, 4.69) is 15.1 Å². The SMILES string of the molecule is Fc1cc(-c2cnn(CC3(C(F)(F)F)CC3)c2)c(-c2ccn3ccnc3c2)nc1F. The van der Waals surface area contributed by atoms with Crippen LogP contribution in [0.2, 0.25) is 0 Å². The second-order valence-electron chi connectivity index (χ2n) is 7.47. The minimum absolute atomic E-state index is 0.0496. The summed E-state index contributed by atoms with van der Waals surface area (Å²) in [7, 11) is 0. The molecule has 1 aliphatic rings. The number of alkyl halides is 3. The van der Waals surface area contributed by atoms with E-state index in [0.717, 1.165) is 6.07 Å². The molecule has 0 N–H and O–H groups in total.